The Morgan fingerprint density at radius 2 is 1.96 bits per heavy atom. The normalized spacial score (nSPS) is 11.3. The van der Waals surface area contributed by atoms with Crippen LogP contribution in [0, 0.1) is 0 Å². The molecule has 9 heteroatoms. The van der Waals surface area contributed by atoms with Gasteiger partial charge in [-0.1, -0.05) is 44.1 Å². The van der Waals surface area contributed by atoms with Gasteiger partial charge in [0.2, 0.25) is 11.1 Å². The number of amides is 1. The fraction of sp³-hybridized carbons (Fsp3) is 0.438. The third kappa shape index (κ3) is 5.02. The SMILES string of the molecule is COc1cc(NC(=O)CSc2n[nH]c(C(C)(C)C)n2)c(OC)cc1Cl. The van der Waals surface area contributed by atoms with Gasteiger partial charge in [-0.3, -0.25) is 9.89 Å². The van der Waals surface area contributed by atoms with E-state index in [9.17, 15) is 4.79 Å². The molecule has 1 heterocycles. The standard InChI is InChI=1S/C16H21ClN4O3S/c1-16(2,3)14-19-15(21-20-14)25-8-13(22)18-10-7-11(23-4)9(17)6-12(10)24-5/h6-7H,8H2,1-5H3,(H,18,22)(H,19,20,21). The van der Waals surface area contributed by atoms with Gasteiger partial charge in [0.05, 0.1) is 30.7 Å². The van der Waals surface area contributed by atoms with E-state index >= 15 is 0 Å². The number of benzene rings is 1. The fourth-order valence-corrected chi connectivity index (χ4v) is 2.75. The van der Waals surface area contributed by atoms with E-state index in [0.717, 1.165) is 5.82 Å². The number of halogens is 1. The first-order valence-corrected chi connectivity index (χ1v) is 8.88. The number of aromatic nitrogens is 3. The van der Waals surface area contributed by atoms with Crippen molar-refractivity contribution in [1.82, 2.24) is 15.2 Å². The summed E-state index contributed by atoms with van der Waals surface area (Å²) in [5.41, 5.74) is 0.362. The second kappa shape index (κ2) is 7.97. The second-order valence-corrected chi connectivity index (χ2v) is 7.59. The molecule has 25 heavy (non-hydrogen) atoms. The molecule has 7 nitrogen and oxygen atoms in total. The van der Waals surface area contributed by atoms with Crippen molar-refractivity contribution in [3.05, 3.63) is 23.0 Å². The zero-order valence-corrected chi connectivity index (χ0v) is 16.3. The van der Waals surface area contributed by atoms with Crippen molar-refractivity contribution in [2.24, 2.45) is 0 Å². The Labute approximate surface area is 155 Å². The predicted octanol–water partition coefficient (Wildman–Crippen LogP) is 3.50. The minimum absolute atomic E-state index is 0.124. The van der Waals surface area contributed by atoms with Crippen molar-refractivity contribution in [3.8, 4) is 11.5 Å². The van der Waals surface area contributed by atoms with E-state index in [1.165, 1.54) is 26.0 Å². The van der Waals surface area contributed by atoms with Gasteiger partial charge < -0.3 is 14.8 Å². The molecule has 1 aromatic heterocycles. The summed E-state index contributed by atoms with van der Waals surface area (Å²) in [4.78, 5) is 16.6. The highest BCUT2D eigenvalue weighted by molar-refractivity contribution is 7.99. The van der Waals surface area contributed by atoms with Gasteiger partial charge in [0.25, 0.3) is 0 Å². The first-order chi connectivity index (χ1) is 11.7. The molecular weight excluding hydrogens is 364 g/mol. The largest absolute Gasteiger partial charge is 0.495 e. The number of carbonyl (C=O) groups is 1. The predicted molar refractivity (Wildman–Crippen MR) is 99.0 cm³/mol. The topological polar surface area (TPSA) is 89.1 Å². The van der Waals surface area contributed by atoms with E-state index in [2.05, 4.69) is 20.5 Å². The van der Waals surface area contributed by atoms with Crippen LogP contribution in [-0.2, 0) is 10.2 Å². The number of carbonyl (C=O) groups excluding carboxylic acids is 1. The molecule has 1 amide bonds. The molecular formula is C16H21ClN4O3S. The average Bonchev–Trinajstić information content (AvgIpc) is 3.03. The molecule has 0 atom stereocenters. The lowest BCUT2D eigenvalue weighted by molar-refractivity contribution is -0.113. The number of rotatable bonds is 6. The van der Waals surface area contributed by atoms with E-state index in [1.54, 1.807) is 12.1 Å². The number of aromatic amines is 1. The fourth-order valence-electron chi connectivity index (χ4n) is 1.92. The van der Waals surface area contributed by atoms with Crippen LogP contribution in [0.2, 0.25) is 5.02 Å². The highest BCUT2D eigenvalue weighted by Crippen LogP contribution is 2.36. The molecule has 0 radical (unpaired) electrons. The van der Waals surface area contributed by atoms with Gasteiger partial charge in [-0.2, -0.15) is 0 Å². The van der Waals surface area contributed by atoms with E-state index in [1.807, 2.05) is 20.8 Å². The molecule has 0 unspecified atom stereocenters. The van der Waals surface area contributed by atoms with Crippen LogP contribution in [0.25, 0.3) is 0 Å². The maximum Gasteiger partial charge on any atom is 0.234 e. The summed E-state index contributed by atoms with van der Waals surface area (Å²) in [6.45, 7) is 6.11. The number of hydrogen-bond donors (Lipinski definition) is 2. The molecule has 2 N–H and O–H groups in total. The minimum Gasteiger partial charge on any atom is -0.495 e. The van der Waals surface area contributed by atoms with Crippen LogP contribution in [0.4, 0.5) is 5.69 Å². The first kappa shape index (κ1) is 19.4. The molecule has 0 spiro atoms. The molecule has 1 aromatic carbocycles. The maximum atomic E-state index is 12.2. The molecule has 0 aliphatic heterocycles. The lowest BCUT2D eigenvalue weighted by atomic mass is 9.96. The van der Waals surface area contributed by atoms with E-state index in [4.69, 9.17) is 21.1 Å². The quantitative estimate of drug-likeness (QED) is 0.741. The van der Waals surface area contributed by atoms with Crippen LogP contribution < -0.4 is 14.8 Å². The Kier molecular flexibility index (Phi) is 6.18. The molecule has 2 rings (SSSR count). The summed E-state index contributed by atoms with van der Waals surface area (Å²) in [7, 11) is 3.01. The van der Waals surface area contributed by atoms with Gasteiger partial charge in [-0.05, 0) is 0 Å². The van der Waals surface area contributed by atoms with Crippen LogP contribution in [0.15, 0.2) is 17.3 Å². The van der Waals surface area contributed by atoms with Crippen LogP contribution in [-0.4, -0.2) is 41.1 Å². The van der Waals surface area contributed by atoms with Gasteiger partial charge >= 0.3 is 0 Å². The Morgan fingerprint density at radius 3 is 2.52 bits per heavy atom. The monoisotopic (exact) mass is 384 g/mol. The van der Waals surface area contributed by atoms with Crippen LogP contribution in [0.1, 0.15) is 26.6 Å². The minimum atomic E-state index is -0.213. The molecule has 2 aromatic rings. The van der Waals surface area contributed by atoms with Crippen molar-refractivity contribution in [2.45, 2.75) is 31.3 Å². The average molecular weight is 385 g/mol. The number of anilines is 1. The summed E-state index contributed by atoms with van der Waals surface area (Å²) < 4.78 is 10.4. The number of methoxy groups -OCH3 is 2. The van der Waals surface area contributed by atoms with Crippen molar-refractivity contribution in [3.63, 3.8) is 0 Å². The molecule has 0 saturated carbocycles. The second-order valence-electron chi connectivity index (χ2n) is 6.24. The Bertz CT molecular complexity index is 758. The van der Waals surface area contributed by atoms with Gasteiger partial charge in [0, 0.05) is 17.5 Å². The van der Waals surface area contributed by atoms with Crippen molar-refractivity contribution in [2.75, 3.05) is 25.3 Å². The molecule has 0 saturated heterocycles. The lowest BCUT2D eigenvalue weighted by Gasteiger charge is -2.13. The zero-order chi connectivity index (χ0) is 18.6. The summed E-state index contributed by atoms with van der Waals surface area (Å²) in [5.74, 6) is 1.63. The summed E-state index contributed by atoms with van der Waals surface area (Å²) >= 11 is 7.30. The third-order valence-corrected chi connectivity index (χ3v) is 4.40. The Morgan fingerprint density at radius 1 is 1.28 bits per heavy atom. The van der Waals surface area contributed by atoms with Gasteiger partial charge in [0.15, 0.2) is 0 Å². The Balaban J connectivity index is 2.02. The molecule has 0 aliphatic carbocycles. The first-order valence-electron chi connectivity index (χ1n) is 7.51. The van der Waals surface area contributed by atoms with Gasteiger partial charge in [-0.15, -0.1) is 5.10 Å². The lowest BCUT2D eigenvalue weighted by Crippen LogP contribution is -2.15. The maximum absolute atomic E-state index is 12.2. The molecule has 0 aliphatic rings. The number of ether oxygens (including phenoxy) is 2. The van der Waals surface area contributed by atoms with E-state index in [0.29, 0.717) is 27.4 Å². The summed E-state index contributed by atoms with van der Waals surface area (Å²) in [5, 5.41) is 10.7. The highest BCUT2D eigenvalue weighted by atomic mass is 35.5. The number of thioether (sulfide) groups is 1. The van der Waals surface area contributed by atoms with Crippen LogP contribution in [0.3, 0.4) is 0 Å². The van der Waals surface area contributed by atoms with E-state index < -0.39 is 0 Å². The third-order valence-electron chi connectivity index (χ3n) is 3.26. The molecule has 0 bridgehead atoms. The zero-order valence-electron chi connectivity index (χ0n) is 14.8. The number of nitrogens with one attached hydrogen (secondary N) is 2. The number of H-pyrrole nitrogens is 1. The van der Waals surface area contributed by atoms with Crippen LogP contribution in [0.5, 0.6) is 11.5 Å². The number of hydrogen-bond acceptors (Lipinski definition) is 6. The Hall–Kier alpha value is -1.93. The number of nitrogens with zero attached hydrogens (tertiary/aromatic N) is 2. The summed E-state index contributed by atoms with van der Waals surface area (Å²) in [6, 6.07) is 3.21. The van der Waals surface area contributed by atoms with Crippen molar-refractivity contribution >= 4 is 35.0 Å². The molecule has 136 valence electrons. The van der Waals surface area contributed by atoms with E-state index in [-0.39, 0.29) is 17.1 Å². The molecule has 0 fully saturated rings. The van der Waals surface area contributed by atoms with Gasteiger partial charge in [-0.25, -0.2) is 4.98 Å². The highest BCUT2D eigenvalue weighted by Gasteiger charge is 2.19. The summed E-state index contributed by atoms with van der Waals surface area (Å²) in [6.07, 6.45) is 0. The van der Waals surface area contributed by atoms with Crippen molar-refractivity contribution < 1.29 is 14.3 Å². The van der Waals surface area contributed by atoms with Gasteiger partial charge in [0.1, 0.15) is 17.3 Å². The van der Waals surface area contributed by atoms with Crippen molar-refractivity contribution in [1.29, 1.82) is 0 Å². The van der Waals surface area contributed by atoms with Crippen LogP contribution >= 0.6 is 23.4 Å². The smallest absolute Gasteiger partial charge is 0.234 e.